The summed E-state index contributed by atoms with van der Waals surface area (Å²) in [6.07, 6.45) is 0.709. The maximum absolute atomic E-state index is 13.1. The lowest BCUT2D eigenvalue weighted by Gasteiger charge is -2.16. The van der Waals surface area contributed by atoms with Gasteiger partial charge in [-0.05, 0) is 19.3 Å². The van der Waals surface area contributed by atoms with E-state index in [1.807, 2.05) is 20.8 Å². The Hall–Kier alpha value is -1.65. The zero-order valence-corrected chi connectivity index (χ0v) is 10.1. The van der Waals surface area contributed by atoms with E-state index in [2.05, 4.69) is 0 Å². The predicted molar refractivity (Wildman–Crippen MR) is 62.6 cm³/mol. The molecule has 0 bridgehead atoms. The number of ether oxygens (including phenoxy) is 1. The summed E-state index contributed by atoms with van der Waals surface area (Å²) in [5.74, 6) is -0.00987. The van der Waals surface area contributed by atoms with Crippen LogP contribution < -0.4 is 4.74 Å². The van der Waals surface area contributed by atoms with E-state index < -0.39 is 10.7 Å². The third-order valence-electron chi connectivity index (χ3n) is 2.21. The first-order valence-corrected chi connectivity index (χ1v) is 5.50. The van der Waals surface area contributed by atoms with Crippen molar-refractivity contribution in [2.75, 3.05) is 0 Å². The second-order valence-corrected chi connectivity index (χ2v) is 4.46. The molecule has 0 aliphatic carbocycles. The fourth-order valence-electron chi connectivity index (χ4n) is 1.67. The van der Waals surface area contributed by atoms with E-state index in [-0.39, 0.29) is 17.5 Å². The van der Waals surface area contributed by atoms with Gasteiger partial charge in [-0.1, -0.05) is 13.8 Å². The summed E-state index contributed by atoms with van der Waals surface area (Å²) >= 11 is 0. The molecule has 0 fully saturated rings. The Morgan fingerprint density at radius 1 is 1.35 bits per heavy atom. The Bertz CT molecular complexity index is 407. The van der Waals surface area contributed by atoms with Gasteiger partial charge in [-0.25, -0.2) is 4.39 Å². The molecule has 0 saturated carbocycles. The van der Waals surface area contributed by atoms with Crippen LogP contribution in [-0.4, -0.2) is 11.0 Å². The maximum Gasteiger partial charge on any atom is 0.276 e. The average molecular weight is 241 g/mol. The highest BCUT2D eigenvalue weighted by molar-refractivity contribution is 5.38. The first-order chi connectivity index (χ1) is 7.88. The van der Waals surface area contributed by atoms with Crippen LogP contribution in [0.15, 0.2) is 18.2 Å². The van der Waals surface area contributed by atoms with Crippen molar-refractivity contribution in [3.63, 3.8) is 0 Å². The predicted octanol–water partition coefficient (Wildman–Crippen LogP) is 3.55. The SMILES string of the molecule is CC(C)CC(C)Oc1cc(F)cc([N+](=O)[O-])c1. The van der Waals surface area contributed by atoms with Crippen LogP contribution in [0, 0.1) is 21.8 Å². The smallest absolute Gasteiger partial charge is 0.276 e. The summed E-state index contributed by atoms with van der Waals surface area (Å²) in [6.45, 7) is 5.96. The molecule has 0 aliphatic rings. The molecule has 0 heterocycles. The maximum atomic E-state index is 13.1. The zero-order chi connectivity index (χ0) is 13.0. The number of non-ortho nitro benzene ring substituents is 1. The quantitative estimate of drug-likeness (QED) is 0.585. The van der Waals surface area contributed by atoms with Gasteiger partial charge in [0.15, 0.2) is 0 Å². The summed E-state index contributed by atoms with van der Waals surface area (Å²) in [5.41, 5.74) is -0.295. The largest absolute Gasteiger partial charge is 0.490 e. The molecule has 0 aliphatic heterocycles. The van der Waals surface area contributed by atoms with Crippen molar-refractivity contribution in [2.24, 2.45) is 5.92 Å². The topological polar surface area (TPSA) is 52.4 Å². The van der Waals surface area contributed by atoms with Crippen LogP contribution in [0.4, 0.5) is 10.1 Å². The van der Waals surface area contributed by atoms with E-state index in [1.54, 1.807) is 0 Å². The van der Waals surface area contributed by atoms with Gasteiger partial charge in [0.1, 0.15) is 11.6 Å². The lowest BCUT2D eigenvalue weighted by atomic mass is 10.1. The Labute approximate surface area is 99.6 Å². The minimum Gasteiger partial charge on any atom is -0.490 e. The highest BCUT2D eigenvalue weighted by Crippen LogP contribution is 2.23. The summed E-state index contributed by atoms with van der Waals surface area (Å²) in [5, 5.41) is 10.6. The average Bonchev–Trinajstić information content (AvgIpc) is 2.14. The highest BCUT2D eigenvalue weighted by atomic mass is 19.1. The van der Waals surface area contributed by atoms with Gasteiger partial charge in [-0.2, -0.15) is 0 Å². The monoisotopic (exact) mass is 241 g/mol. The van der Waals surface area contributed by atoms with Crippen molar-refractivity contribution in [1.82, 2.24) is 0 Å². The Morgan fingerprint density at radius 3 is 2.53 bits per heavy atom. The van der Waals surface area contributed by atoms with Crippen LogP contribution in [0.5, 0.6) is 5.75 Å². The number of halogens is 1. The van der Waals surface area contributed by atoms with Crippen LogP contribution in [0.3, 0.4) is 0 Å². The van der Waals surface area contributed by atoms with Crippen molar-refractivity contribution in [1.29, 1.82) is 0 Å². The van der Waals surface area contributed by atoms with Gasteiger partial charge >= 0.3 is 0 Å². The van der Waals surface area contributed by atoms with Gasteiger partial charge < -0.3 is 4.74 Å². The highest BCUT2D eigenvalue weighted by Gasteiger charge is 2.13. The van der Waals surface area contributed by atoms with Crippen LogP contribution in [0.1, 0.15) is 27.2 Å². The Balaban J connectivity index is 2.80. The van der Waals surface area contributed by atoms with E-state index in [1.165, 1.54) is 6.07 Å². The van der Waals surface area contributed by atoms with Gasteiger partial charge in [0, 0.05) is 6.07 Å². The van der Waals surface area contributed by atoms with Gasteiger partial charge in [0.05, 0.1) is 23.2 Å². The van der Waals surface area contributed by atoms with Crippen LogP contribution >= 0.6 is 0 Å². The Morgan fingerprint density at radius 2 is 2.00 bits per heavy atom. The summed E-state index contributed by atoms with van der Waals surface area (Å²) in [4.78, 5) is 9.92. The molecule has 1 aromatic rings. The van der Waals surface area contributed by atoms with Gasteiger partial charge in [0.25, 0.3) is 5.69 Å². The molecule has 1 rings (SSSR count). The molecule has 1 unspecified atom stereocenters. The molecule has 5 heteroatoms. The standard InChI is InChI=1S/C12H16FNO3/c1-8(2)4-9(3)17-12-6-10(13)5-11(7-12)14(15)16/h5-9H,4H2,1-3H3. The third-order valence-corrected chi connectivity index (χ3v) is 2.21. The lowest BCUT2D eigenvalue weighted by Crippen LogP contribution is -2.14. The first-order valence-electron chi connectivity index (χ1n) is 5.50. The van der Waals surface area contributed by atoms with Crippen molar-refractivity contribution < 1.29 is 14.1 Å². The fourth-order valence-corrected chi connectivity index (χ4v) is 1.67. The van der Waals surface area contributed by atoms with Crippen LogP contribution in [-0.2, 0) is 0 Å². The summed E-state index contributed by atoms with van der Waals surface area (Å²) in [6, 6.07) is 3.27. The number of benzene rings is 1. The molecular weight excluding hydrogens is 225 g/mol. The minimum absolute atomic E-state index is 0.101. The summed E-state index contributed by atoms with van der Waals surface area (Å²) < 4.78 is 18.6. The lowest BCUT2D eigenvalue weighted by molar-refractivity contribution is -0.385. The number of hydrogen-bond acceptors (Lipinski definition) is 3. The molecule has 0 spiro atoms. The van der Waals surface area contributed by atoms with Crippen molar-refractivity contribution in [3.8, 4) is 5.75 Å². The van der Waals surface area contributed by atoms with Crippen molar-refractivity contribution >= 4 is 5.69 Å². The van der Waals surface area contributed by atoms with E-state index in [4.69, 9.17) is 4.74 Å². The van der Waals surface area contributed by atoms with Crippen molar-refractivity contribution in [3.05, 3.63) is 34.1 Å². The van der Waals surface area contributed by atoms with Gasteiger partial charge in [0.2, 0.25) is 0 Å². The molecular formula is C12H16FNO3. The second kappa shape index (κ2) is 5.61. The van der Waals surface area contributed by atoms with E-state index >= 15 is 0 Å². The molecule has 0 N–H and O–H groups in total. The molecule has 17 heavy (non-hydrogen) atoms. The minimum atomic E-state index is -0.661. The van der Waals surface area contributed by atoms with Gasteiger partial charge in [-0.15, -0.1) is 0 Å². The molecule has 0 saturated heterocycles. The van der Waals surface area contributed by atoms with E-state index in [9.17, 15) is 14.5 Å². The molecule has 94 valence electrons. The number of nitro groups is 1. The number of hydrogen-bond donors (Lipinski definition) is 0. The fraction of sp³-hybridized carbons (Fsp3) is 0.500. The molecule has 0 amide bonds. The zero-order valence-electron chi connectivity index (χ0n) is 10.1. The number of nitrogens with zero attached hydrogens (tertiary/aromatic N) is 1. The van der Waals surface area contributed by atoms with E-state index in [0.717, 1.165) is 18.6 Å². The Kier molecular flexibility index (Phi) is 4.43. The normalized spacial score (nSPS) is 12.5. The number of rotatable bonds is 5. The third kappa shape index (κ3) is 4.38. The van der Waals surface area contributed by atoms with Crippen molar-refractivity contribution in [2.45, 2.75) is 33.3 Å². The first kappa shape index (κ1) is 13.4. The van der Waals surface area contributed by atoms with Crippen LogP contribution in [0.25, 0.3) is 0 Å². The van der Waals surface area contributed by atoms with E-state index in [0.29, 0.717) is 5.92 Å². The van der Waals surface area contributed by atoms with Gasteiger partial charge in [-0.3, -0.25) is 10.1 Å². The molecule has 1 atom stereocenters. The number of nitro benzene ring substituents is 1. The molecule has 0 radical (unpaired) electrons. The molecule has 0 aromatic heterocycles. The summed E-state index contributed by atoms with van der Waals surface area (Å²) in [7, 11) is 0. The molecule has 4 nitrogen and oxygen atoms in total. The van der Waals surface area contributed by atoms with Crippen LogP contribution in [0.2, 0.25) is 0 Å². The molecule has 1 aromatic carbocycles. The second-order valence-electron chi connectivity index (χ2n) is 4.46.